The molecule has 0 unspecified atom stereocenters. The first-order chi connectivity index (χ1) is 8.58. The first-order valence-corrected chi connectivity index (χ1v) is 5.78. The van der Waals surface area contributed by atoms with Gasteiger partial charge in [0.2, 0.25) is 0 Å². The third-order valence-corrected chi connectivity index (χ3v) is 3.26. The van der Waals surface area contributed by atoms with E-state index in [0.29, 0.717) is 23.6 Å². The highest BCUT2D eigenvalue weighted by Crippen LogP contribution is 2.35. The molecule has 1 aliphatic rings. The third kappa shape index (κ3) is 1.94. The van der Waals surface area contributed by atoms with Crippen molar-refractivity contribution < 1.29 is 14.3 Å². The summed E-state index contributed by atoms with van der Waals surface area (Å²) in [6.45, 7) is 4.57. The molecule has 0 bridgehead atoms. The fourth-order valence-corrected chi connectivity index (χ4v) is 2.14. The molecule has 1 amide bonds. The Morgan fingerprint density at radius 2 is 1.83 bits per heavy atom. The van der Waals surface area contributed by atoms with Gasteiger partial charge in [-0.25, -0.2) is 0 Å². The minimum atomic E-state index is -0.0408. The van der Waals surface area contributed by atoms with Crippen LogP contribution in [0.15, 0.2) is 18.7 Å². The number of fused-ring (bicyclic) bond motifs is 1. The van der Waals surface area contributed by atoms with E-state index in [1.807, 2.05) is 12.1 Å². The second-order valence-corrected chi connectivity index (χ2v) is 4.32. The number of carbonyl (C=O) groups excluding carboxylic acids is 1. The first-order valence-electron chi connectivity index (χ1n) is 5.78. The van der Waals surface area contributed by atoms with Crippen molar-refractivity contribution in [2.24, 2.45) is 0 Å². The van der Waals surface area contributed by atoms with Crippen molar-refractivity contribution in [2.45, 2.75) is 6.42 Å². The topological polar surface area (TPSA) is 38.8 Å². The lowest BCUT2D eigenvalue weighted by atomic mass is 9.99. The minimum Gasteiger partial charge on any atom is -0.493 e. The lowest BCUT2D eigenvalue weighted by Crippen LogP contribution is -2.26. The molecule has 0 atom stereocenters. The Kier molecular flexibility index (Phi) is 3.28. The molecule has 2 rings (SSSR count). The van der Waals surface area contributed by atoms with E-state index in [1.54, 1.807) is 26.2 Å². The summed E-state index contributed by atoms with van der Waals surface area (Å²) in [7, 11) is 4.97. The molecule has 4 nitrogen and oxygen atoms in total. The maximum atomic E-state index is 12.0. The van der Waals surface area contributed by atoms with E-state index in [9.17, 15) is 4.79 Å². The average molecular weight is 247 g/mol. The summed E-state index contributed by atoms with van der Waals surface area (Å²) < 4.78 is 10.5. The molecule has 1 aliphatic heterocycles. The van der Waals surface area contributed by atoms with Gasteiger partial charge in [0.05, 0.1) is 14.2 Å². The summed E-state index contributed by atoms with van der Waals surface area (Å²) in [5.41, 5.74) is 2.42. The van der Waals surface area contributed by atoms with Gasteiger partial charge < -0.3 is 14.4 Å². The highest BCUT2D eigenvalue weighted by Gasteiger charge is 2.23. The van der Waals surface area contributed by atoms with Crippen molar-refractivity contribution in [1.29, 1.82) is 0 Å². The number of amides is 1. The third-order valence-electron chi connectivity index (χ3n) is 3.26. The number of hydrogen-bond acceptors (Lipinski definition) is 3. The molecular formula is C14H17NO3. The largest absolute Gasteiger partial charge is 0.493 e. The predicted molar refractivity (Wildman–Crippen MR) is 69.9 cm³/mol. The van der Waals surface area contributed by atoms with Crippen LogP contribution in [0.1, 0.15) is 11.1 Å². The second kappa shape index (κ2) is 4.72. The normalized spacial score (nSPS) is 15.2. The van der Waals surface area contributed by atoms with E-state index in [4.69, 9.17) is 9.47 Å². The van der Waals surface area contributed by atoms with E-state index in [1.165, 1.54) is 0 Å². The molecule has 0 radical (unpaired) electrons. The molecule has 0 saturated heterocycles. The number of likely N-dealkylation sites (N-methyl/N-ethyl adjacent to an activating group) is 1. The average Bonchev–Trinajstić information content (AvgIpc) is 2.50. The number of carbonyl (C=O) groups is 1. The van der Waals surface area contributed by atoms with Crippen molar-refractivity contribution in [1.82, 2.24) is 4.90 Å². The second-order valence-electron chi connectivity index (χ2n) is 4.32. The van der Waals surface area contributed by atoms with E-state index in [-0.39, 0.29) is 5.91 Å². The van der Waals surface area contributed by atoms with Gasteiger partial charge in [-0.3, -0.25) is 4.79 Å². The van der Waals surface area contributed by atoms with Gasteiger partial charge in [0, 0.05) is 19.2 Å². The summed E-state index contributed by atoms with van der Waals surface area (Å²) in [5, 5.41) is 0. The van der Waals surface area contributed by atoms with Crippen LogP contribution in [0.3, 0.4) is 0 Å². The number of ether oxygens (including phenoxy) is 2. The summed E-state index contributed by atoms with van der Waals surface area (Å²) in [4.78, 5) is 13.7. The van der Waals surface area contributed by atoms with E-state index in [0.717, 1.165) is 17.5 Å². The Morgan fingerprint density at radius 1 is 1.22 bits per heavy atom. The summed E-state index contributed by atoms with van der Waals surface area (Å²) in [6, 6.07) is 3.75. The highest BCUT2D eigenvalue weighted by molar-refractivity contribution is 6.19. The van der Waals surface area contributed by atoms with Crippen LogP contribution in [0.25, 0.3) is 5.57 Å². The molecule has 0 saturated carbocycles. The smallest absolute Gasteiger partial charge is 0.253 e. The molecule has 96 valence electrons. The molecule has 0 fully saturated rings. The monoisotopic (exact) mass is 247 g/mol. The van der Waals surface area contributed by atoms with Gasteiger partial charge in [-0.15, -0.1) is 0 Å². The Balaban J connectivity index is 2.56. The lowest BCUT2D eigenvalue weighted by molar-refractivity contribution is -0.123. The quantitative estimate of drug-likeness (QED) is 0.747. The zero-order valence-corrected chi connectivity index (χ0v) is 10.9. The molecular weight excluding hydrogens is 230 g/mol. The Labute approximate surface area is 107 Å². The molecule has 0 aliphatic carbocycles. The number of benzene rings is 1. The highest BCUT2D eigenvalue weighted by atomic mass is 16.5. The number of methoxy groups -OCH3 is 2. The Bertz CT molecular complexity index is 508. The summed E-state index contributed by atoms with van der Waals surface area (Å²) >= 11 is 0. The van der Waals surface area contributed by atoms with Crippen molar-refractivity contribution in [3.63, 3.8) is 0 Å². The van der Waals surface area contributed by atoms with Crippen LogP contribution in [0.4, 0.5) is 0 Å². The van der Waals surface area contributed by atoms with Gasteiger partial charge >= 0.3 is 0 Å². The molecule has 0 spiro atoms. The zero-order valence-electron chi connectivity index (χ0n) is 10.9. The van der Waals surface area contributed by atoms with E-state index >= 15 is 0 Å². The number of nitrogens with zero attached hydrogens (tertiary/aromatic N) is 1. The van der Waals surface area contributed by atoms with E-state index < -0.39 is 0 Å². The van der Waals surface area contributed by atoms with Crippen molar-refractivity contribution in [2.75, 3.05) is 27.8 Å². The van der Waals surface area contributed by atoms with Crippen LogP contribution in [0.2, 0.25) is 0 Å². The van der Waals surface area contributed by atoms with Crippen LogP contribution >= 0.6 is 0 Å². The molecule has 1 aromatic carbocycles. The fraction of sp³-hybridized carbons (Fsp3) is 0.357. The van der Waals surface area contributed by atoms with Crippen LogP contribution in [-0.4, -0.2) is 38.6 Å². The fourth-order valence-electron chi connectivity index (χ4n) is 2.14. The minimum absolute atomic E-state index is 0.0408. The molecule has 1 heterocycles. The summed E-state index contributed by atoms with van der Waals surface area (Å²) in [6.07, 6.45) is 0.789. The predicted octanol–water partition coefficient (Wildman–Crippen LogP) is 1.73. The van der Waals surface area contributed by atoms with Crippen LogP contribution in [0, 0.1) is 0 Å². The number of rotatable bonds is 2. The molecule has 18 heavy (non-hydrogen) atoms. The maximum absolute atomic E-state index is 12.0. The van der Waals surface area contributed by atoms with Gasteiger partial charge in [-0.05, 0) is 29.7 Å². The zero-order chi connectivity index (χ0) is 13.3. The van der Waals surface area contributed by atoms with Crippen LogP contribution < -0.4 is 9.47 Å². The number of hydrogen-bond donors (Lipinski definition) is 0. The maximum Gasteiger partial charge on any atom is 0.253 e. The van der Waals surface area contributed by atoms with Crippen LogP contribution in [-0.2, 0) is 11.2 Å². The van der Waals surface area contributed by atoms with Crippen LogP contribution in [0.5, 0.6) is 11.5 Å². The van der Waals surface area contributed by atoms with Crippen molar-refractivity contribution >= 4 is 11.5 Å². The molecule has 1 aromatic rings. The van der Waals surface area contributed by atoms with Gasteiger partial charge in [0.1, 0.15) is 0 Å². The van der Waals surface area contributed by atoms with Crippen molar-refractivity contribution in [3.8, 4) is 11.5 Å². The van der Waals surface area contributed by atoms with E-state index in [2.05, 4.69) is 6.58 Å². The SMILES string of the molecule is C=C1C(=O)N(C)CCc2cc(OC)c(OC)cc21. The van der Waals surface area contributed by atoms with Gasteiger partial charge in [-0.1, -0.05) is 6.58 Å². The van der Waals surface area contributed by atoms with Gasteiger partial charge in [0.25, 0.3) is 5.91 Å². The molecule has 0 N–H and O–H groups in total. The molecule has 0 aromatic heterocycles. The summed E-state index contributed by atoms with van der Waals surface area (Å²) in [5.74, 6) is 1.26. The molecule has 4 heteroatoms. The lowest BCUT2D eigenvalue weighted by Gasteiger charge is -2.14. The van der Waals surface area contributed by atoms with Gasteiger partial charge in [0.15, 0.2) is 11.5 Å². The van der Waals surface area contributed by atoms with Gasteiger partial charge in [-0.2, -0.15) is 0 Å². The Morgan fingerprint density at radius 3 is 2.44 bits per heavy atom. The standard InChI is InChI=1S/C14H17NO3/c1-9-11-8-13(18-4)12(17-3)7-10(11)5-6-15(2)14(9)16/h7-8H,1,5-6H2,2-4H3. The van der Waals surface area contributed by atoms with Crippen molar-refractivity contribution in [3.05, 3.63) is 29.8 Å². The Hall–Kier alpha value is -1.97. The first kappa shape index (κ1) is 12.5.